The summed E-state index contributed by atoms with van der Waals surface area (Å²) in [4.78, 5) is 13.5. The first-order chi connectivity index (χ1) is 4.77. The molecule has 3 atom stereocenters. The largest absolute Gasteiger partial charge is 0.298 e. The Bertz CT molecular complexity index is 167. The van der Waals surface area contributed by atoms with Crippen molar-refractivity contribution >= 4 is 5.78 Å². The minimum absolute atomic E-state index is 0.417. The highest BCUT2D eigenvalue weighted by atomic mass is 16.1. The molecule has 0 N–H and O–H groups in total. The molecule has 0 saturated carbocycles. The van der Waals surface area contributed by atoms with Gasteiger partial charge >= 0.3 is 0 Å². The molecular weight excluding hydrogens is 126 g/mol. The van der Waals surface area contributed by atoms with Crippen LogP contribution in [0.25, 0.3) is 0 Å². The van der Waals surface area contributed by atoms with Gasteiger partial charge in [-0.15, -0.1) is 0 Å². The standard InChI is InChI=1S/C8H13NO/c1-6-4-7-2-3-9(6)5-8(7)10/h6-7H,2-5H2,1H3. The number of carbonyl (C=O) groups is 1. The highest BCUT2D eigenvalue weighted by molar-refractivity contribution is 5.84. The second-order valence-corrected chi connectivity index (χ2v) is 3.51. The predicted molar refractivity (Wildman–Crippen MR) is 38.8 cm³/mol. The molecule has 3 fully saturated rings. The van der Waals surface area contributed by atoms with Gasteiger partial charge in [0.05, 0.1) is 6.54 Å². The van der Waals surface area contributed by atoms with Gasteiger partial charge < -0.3 is 0 Å². The normalized spacial score (nSPS) is 46.1. The van der Waals surface area contributed by atoms with Crippen LogP contribution in [-0.4, -0.2) is 29.8 Å². The third kappa shape index (κ3) is 0.788. The van der Waals surface area contributed by atoms with Gasteiger partial charge in [0, 0.05) is 12.0 Å². The van der Waals surface area contributed by atoms with Crippen LogP contribution in [0.15, 0.2) is 0 Å². The second kappa shape index (κ2) is 2.06. The summed E-state index contributed by atoms with van der Waals surface area (Å²) in [5.41, 5.74) is 0. The maximum Gasteiger partial charge on any atom is 0.150 e. The van der Waals surface area contributed by atoms with Gasteiger partial charge in [-0.05, 0) is 26.3 Å². The highest BCUT2D eigenvalue weighted by Gasteiger charge is 2.36. The maximum atomic E-state index is 11.2. The SMILES string of the molecule is CC1CC2CCN1CC2=O. The van der Waals surface area contributed by atoms with Crippen LogP contribution in [0.4, 0.5) is 0 Å². The lowest BCUT2D eigenvalue weighted by atomic mass is 9.83. The van der Waals surface area contributed by atoms with Gasteiger partial charge in [0.25, 0.3) is 0 Å². The summed E-state index contributed by atoms with van der Waals surface area (Å²) in [6, 6.07) is 0.663. The van der Waals surface area contributed by atoms with Gasteiger partial charge in [0.15, 0.2) is 0 Å². The van der Waals surface area contributed by atoms with Crippen molar-refractivity contribution in [3.05, 3.63) is 0 Å². The first-order valence-electron chi connectivity index (χ1n) is 4.04. The Hall–Kier alpha value is -0.370. The Balaban J connectivity index is 2.16. The lowest BCUT2D eigenvalue weighted by Gasteiger charge is -2.42. The summed E-state index contributed by atoms with van der Waals surface area (Å²) >= 11 is 0. The van der Waals surface area contributed by atoms with Crippen molar-refractivity contribution in [2.24, 2.45) is 5.92 Å². The summed E-state index contributed by atoms with van der Waals surface area (Å²) < 4.78 is 0. The molecule has 3 saturated heterocycles. The van der Waals surface area contributed by atoms with Crippen LogP contribution in [-0.2, 0) is 4.79 Å². The minimum Gasteiger partial charge on any atom is -0.298 e. The molecule has 2 heteroatoms. The maximum absolute atomic E-state index is 11.2. The van der Waals surface area contributed by atoms with E-state index in [9.17, 15) is 4.79 Å². The number of ketones is 1. The third-order valence-electron chi connectivity index (χ3n) is 2.83. The molecule has 3 rings (SSSR count). The van der Waals surface area contributed by atoms with Gasteiger partial charge in [0.1, 0.15) is 5.78 Å². The fraction of sp³-hybridized carbons (Fsp3) is 0.875. The van der Waals surface area contributed by atoms with E-state index < -0.39 is 0 Å². The molecule has 2 nitrogen and oxygen atoms in total. The summed E-state index contributed by atoms with van der Waals surface area (Å²) in [6.07, 6.45) is 2.22. The average molecular weight is 139 g/mol. The van der Waals surface area contributed by atoms with Crippen molar-refractivity contribution in [1.29, 1.82) is 0 Å². The van der Waals surface area contributed by atoms with E-state index in [1.165, 1.54) is 0 Å². The minimum atomic E-state index is 0.417. The highest BCUT2D eigenvalue weighted by Crippen LogP contribution is 2.28. The Morgan fingerprint density at radius 3 is 2.70 bits per heavy atom. The van der Waals surface area contributed by atoms with Crippen LogP contribution in [0.5, 0.6) is 0 Å². The predicted octanol–water partition coefficient (Wildman–Crippen LogP) is 0.670. The van der Waals surface area contributed by atoms with E-state index in [4.69, 9.17) is 0 Å². The van der Waals surface area contributed by atoms with E-state index in [2.05, 4.69) is 11.8 Å². The van der Waals surface area contributed by atoms with E-state index >= 15 is 0 Å². The molecule has 3 unspecified atom stereocenters. The quantitative estimate of drug-likeness (QED) is 0.491. The number of Topliss-reactive ketones (excluding diaryl/α,β-unsaturated/α-hetero) is 1. The van der Waals surface area contributed by atoms with Crippen LogP contribution in [0.3, 0.4) is 0 Å². The van der Waals surface area contributed by atoms with Crippen molar-refractivity contribution in [2.75, 3.05) is 13.1 Å². The second-order valence-electron chi connectivity index (χ2n) is 3.51. The zero-order valence-electron chi connectivity index (χ0n) is 6.34. The molecule has 0 amide bonds. The molecule has 2 bridgehead atoms. The topological polar surface area (TPSA) is 20.3 Å². The average Bonchev–Trinajstić information content (AvgIpc) is 1.91. The molecule has 3 aliphatic heterocycles. The van der Waals surface area contributed by atoms with Gasteiger partial charge in [-0.25, -0.2) is 0 Å². The molecule has 3 heterocycles. The van der Waals surface area contributed by atoms with Crippen molar-refractivity contribution in [1.82, 2.24) is 4.90 Å². The van der Waals surface area contributed by atoms with E-state index in [1.807, 2.05) is 0 Å². The Morgan fingerprint density at radius 1 is 1.60 bits per heavy atom. The molecule has 10 heavy (non-hydrogen) atoms. The van der Waals surface area contributed by atoms with E-state index in [0.29, 0.717) is 17.7 Å². The Labute approximate surface area is 61.2 Å². The number of fused-ring (bicyclic) bond motifs is 3. The first kappa shape index (κ1) is 6.35. The smallest absolute Gasteiger partial charge is 0.150 e. The first-order valence-corrected chi connectivity index (χ1v) is 4.04. The zero-order chi connectivity index (χ0) is 7.14. The molecule has 0 aromatic rings. The summed E-state index contributed by atoms with van der Waals surface area (Å²) in [6.45, 7) is 4.10. The summed E-state index contributed by atoms with van der Waals surface area (Å²) in [5, 5.41) is 0. The number of nitrogens with zero attached hydrogens (tertiary/aromatic N) is 1. The third-order valence-corrected chi connectivity index (χ3v) is 2.83. The zero-order valence-corrected chi connectivity index (χ0v) is 6.34. The monoisotopic (exact) mass is 139 g/mol. The van der Waals surface area contributed by atoms with Crippen molar-refractivity contribution in [3.8, 4) is 0 Å². The van der Waals surface area contributed by atoms with Crippen LogP contribution in [0, 0.1) is 5.92 Å². The lowest BCUT2D eigenvalue weighted by Crippen LogP contribution is -2.52. The van der Waals surface area contributed by atoms with Crippen LogP contribution < -0.4 is 0 Å². The number of hydrogen-bond acceptors (Lipinski definition) is 2. The number of piperidine rings is 3. The fourth-order valence-corrected chi connectivity index (χ4v) is 2.08. The Kier molecular flexibility index (Phi) is 1.31. The lowest BCUT2D eigenvalue weighted by molar-refractivity contribution is -0.132. The van der Waals surface area contributed by atoms with E-state index in [0.717, 1.165) is 25.9 Å². The number of rotatable bonds is 0. The van der Waals surface area contributed by atoms with Gasteiger partial charge in [-0.3, -0.25) is 9.69 Å². The van der Waals surface area contributed by atoms with Crippen molar-refractivity contribution < 1.29 is 4.79 Å². The molecular formula is C8H13NO. The van der Waals surface area contributed by atoms with E-state index in [1.54, 1.807) is 0 Å². The molecule has 0 spiro atoms. The molecule has 0 radical (unpaired) electrons. The summed E-state index contributed by atoms with van der Waals surface area (Å²) in [7, 11) is 0. The van der Waals surface area contributed by atoms with Crippen LogP contribution in [0.1, 0.15) is 19.8 Å². The fourth-order valence-electron chi connectivity index (χ4n) is 2.08. The van der Waals surface area contributed by atoms with Crippen molar-refractivity contribution in [3.63, 3.8) is 0 Å². The van der Waals surface area contributed by atoms with Gasteiger partial charge in [-0.2, -0.15) is 0 Å². The molecule has 0 aliphatic carbocycles. The molecule has 56 valence electrons. The molecule has 0 aromatic carbocycles. The van der Waals surface area contributed by atoms with Crippen LogP contribution in [0.2, 0.25) is 0 Å². The summed E-state index contributed by atoms with van der Waals surface area (Å²) in [5.74, 6) is 0.893. The molecule has 3 aliphatic rings. The van der Waals surface area contributed by atoms with E-state index in [-0.39, 0.29) is 0 Å². The van der Waals surface area contributed by atoms with Crippen molar-refractivity contribution in [2.45, 2.75) is 25.8 Å². The van der Waals surface area contributed by atoms with Gasteiger partial charge in [-0.1, -0.05) is 0 Å². The Morgan fingerprint density at radius 2 is 2.40 bits per heavy atom. The van der Waals surface area contributed by atoms with Gasteiger partial charge in [0.2, 0.25) is 0 Å². The number of carbonyl (C=O) groups excluding carboxylic acids is 1. The number of hydrogen-bond donors (Lipinski definition) is 0. The van der Waals surface area contributed by atoms with Crippen LogP contribution >= 0.6 is 0 Å². The molecule has 0 aromatic heterocycles.